The van der Waals surface area contributed by atoms with Gasteiger partial charge < -0.3 is 5.32 Å². The molecule has 2 N–H and O–H groups in total. The summed E-state index contributed by atoms with van der Waals surface area (Å²) in [5, 5.41) is 13.1. The highest BCUT2D eigenvalue weighted by molar-refractivity contribution is 7.13. The van der Waals surface area contributed by atoms with Crippen molar-refractivity contribution in [2.45, 2.75) is 13.3 Å². The summed E-state index contributed by atoms with van der Waals surface area (Å²) >= 11 is 1.58. The lowest BCUT2D eigenvalue weighted by atomic mass is 10.1. The Morgan fingerprint density at radius 2 is 2.11 bits per heavy atom. The average Bonchev–Trinajstić information content (AvgIpc) is 3.04. The first kappa shape index (κ1) is 11.9. The Kier molecular flexibility index (Phi) is 3.24. The summed E-state index contributed by atoms with van der Waals surface area (Å²) in [4.78, 5) is 8.49. The maximum Gasteiger partial charge on any atom is 0.187 e. The molecule has 3 aromatic rings. The number of aromatic amines is 1. The number of nitrogens with one attached hydrogen (secondary N) is 2. The Hall–Kier alpha value is -2.21. The summed E-state index contributed by atoms with van der Waals surface area (Å²) in [5.41, 5.74) is 2.22. The van der Waals surface area contributed by atoms with Crippen LogP contribution in [-0.2, 0) is 6.42 Å². The minimum absolute atomic E-state index is 0.738. The van der Waals surface area contributed by atoms with Gasteiger partial charge >= 0.3 is 0 Å². The van der Waals surface area contributed by atoms with E-state index < -0.39 is 0 Å². The van der Waals surface area contributed by atoms with Crippen LogP contribution in [0, 0.1) is 6.92 Å². The van der Waals surface area contributed by atoms with Crippen molar-refractivity contribution < 1.29 is 0 Å². The molecule has 1 aromatic carbocycles. The molecule has 2 heterocycles. The number of hydrogen-bond donors (Lipinski definition) is 2. The molecule has 19 heavy (non-hydrogen) atoms. The summed E-state index contributed by atoms with van der Waals surface area (Å²) in [6.07, 6.45) is 2.52. The van der Waals surface area contributed by atoms with E-state index in [2.05, 4.69) is 37.6 Å². The normalized spacial score (nSPS) is 10.6. The fourth-order valence-electron chi connectivity index (χ4n) is 1.77. The molecule has 0 aliphatic rings. The smallest absolute Gasteiger partial charge is 0.187 e. The molecule has 6 heteroatoms. The summed E-state index contributed by atoms with van der Waals surface area (Å²) in [7, 11) is 0. The van der Waals surface area contributed by atoms with Crippen molar-refractivity contribution in [2.24, 2.45) is 0 Å². The van der Waals surface area contributed by atoms with Crippen LogP contribution in [0.3, 0.4) is 0 Å². The number of benzene rings is 1. The van der Waals surface area contributed by atoms with E-state index in [1.165, 1.54) is 5.56 Å². The van der Waals surface area contributed by atoms with Crippen LogP contribution in [0.2, 0.25) is 0 Å². The zero-order chi connectivity index (χ0) is 13.1. The summed E-state index contributed by atoms with van der Waals surface area (Å²) in [6, 6.07) is 8.22. The highest BCUT2D eigenvalue weighted by Gasteiger charge is 2.02. The van der Waals surface area contributed by atoms with E-state index in [1.54, 1.807) is 17.5 Å². The maximum atomic E-state index is 4.30. The van der Waals surface area contributed by atoms with Gasteiger partial charge in [0.2, 0.25) is 0 Å². The molecule has 3 rings (SSSR count). The predicted octanol–water partition coefficient (Wildman–Crippen LogP) is 2.90. The first-order chi connectivity index (χ1) is 9.29. The lowest BCUT2D eigenvalue weighted by Gasteiger charge is -2.03. The van der Waals surface area contributed by atoms with Gasteiger partial charge in [-0.2, -0.15) is 5.10 Å². The average molecular weight is 271 g/mol. The third-order valence-electron chi connectivity index (χ3n) is 2.64. The van der Waals surface area contributed by atoms with Gasteiger partial charge in [0.1, 0.15) is 5.82 Å². The topological polar surface area (TPSA) is 66.5 Å². The number of H-pyrrole nitrogens is 1. The molecule has 0 bridgehead atoms. The van der Waals surface area contributed by atoms with Crippen LogP contribution in [0.1, 0.15) is 17.2 Å². The van der Waals surface area contributed by atoms with Gasteiger partial charge in [-0.1, -0.05) is 12.1 Å². The molecule has 0 spiro atoms. The van der Waals surface area contributed by atoms with Crippen molar-refractivity contribution in [3.63, 3.8) is 0 Å². The van der Waals surface area contributed by atoms with Gasteiger partial charge in [-0.3, -0.25) is 5.10 Å². The standard InChI is InChI=1S/C13H13N5S/c1-9-15-12(18-17-9)8-10-2-4-11(5-3-10)16-13-14-6-7-19-13/h2-7H,8H2,1H3,(H,14,16)(H,15,17,18). The zero-order valence-electron chi connectivity index (χ0n) is 10.4. The molecule has 0 amide bonds. The lowest BCUT2D eigenvalue weighted by molar-refractivity contribution is 0.969. The molecule has 0 unspecified atom stereocenters. The van der Waals surface area contributed by atoms with Crippen LogP contribution in [-0.4, -0.2) is 20.2 Å². The Morgan fingerprint density at radius 3 is 2.74 bits per heavy atom. The number of aromatic nitrogens is 4. The Labute approximate surface area is 114 Å². The summed E-state index contributed by atoms with van der Waals surface area (Å²) < 4.78 is 0. The van der Waals surface area contributed by atoms with Crippen LogP contribution >= 0.6 is 11.3 Å². The largest absolute Gasteiger partial charge is 0.332 e. The molecular weight excluding hydrogens is 258 g/mol. The van der Waals surface area contributed by atoms with Crippen LogP contribution in [0.25, 0.3) is 0 Å². The fraction of sp³-hybridized carbons (Fsp3) is 0.154. The second-order valence-electron chi connectivity index (χ2n) is 4.17. The number of hydrogen-bond acceptors (Lipinski definition) is 5. The van der Waals surface area contributed by atoms with Crippen molar-refractivity contribution in [2.75, 3.05) is 5.32 Å². The minimum Gasteiger partial charge on any atom is -0.332 e. The van der Waals surface area contributed by atoms with E-state index in [4.69, 9.17) is 0 Å². The molecule has 0 radical (unpaired) electrons. The van der Waals surface area contributed by atoms with Gasteiger partial charge in [0.05, 0.1) is 0 Å². The van der Waals surface area contributed by atoms with Gasteiger partial charge in [0, 0.05) is 23.7 Å². The van der Waals surface area contributed by atoms with E-state index in [-0.39, 0.29) is 0 Å². The van der Waals surface area contributed by atoms with Crippen molar-refractivity contribution in [3.05, 3.63) is 53.1 Å². The second kappa shape index (κ2) is 5.19. The van der Waals surface area contributed by atoms with Crippen LogP contribution in [0.5, 0.6) is 0 Å². The van der Waals surface area contributed by atoms with Crippen molar-refractivity contribution in [1.29, 1.82) is 0 Å². The van der Waals surface area contributed by atoms with Crippen molar-refractivity contribution >= 4 is 22.2 Å². The van der Waals surface area contributed by atoms with E-state index in [0.29, 0.717) is 0 Å². The fourth-order valence-corrected chi connectivity index (χ4v) is 2.31. The van der Waals surface area contributed by atoms with Gasteiger partial charge in [-0.15, -0.1) is 11.3 Å². The minimum atomic E-state index is 0.738. The Morgan fingerprint density at radius 1 is 1.26 bits per heavy atom. The molecule has 5 nitrogen and oxygen atoms in total. The van der Waals surface area contributed by atoms with Crippen molar-refractivity contribution in [3.8, 4) is 0 Å². The molecule has 0 saturated heterocycles. The number of aryl methyl sites for hydroxylation is 1. The quantitative estimate of drug-likeness (QED) is 0.765. The van der Waals surface area contributed by atoms with Gasteiger partial charge in [0.15, 0.2) is 11.0 Å². The molecular formula is C13H13N5S. The lowest BCUT2D eigenvalue weighted by Crippen LogP contribution is -1.93. The number of rotatable bonds is 4. The predicted molar refractivity (Wildman–Crippen MR) is 75.8 cm³/mol. The van der Waals surface area contributed by atoms with Crippen LogP contribution in [0.4, 0.5) is 10.8 Å². The molecule has 0 aliphatic carbocycles. The number of anilines is 2. The van der Waals surface area contributed by atoms with Gasteiger partial charge in [-0.05, 0) is 24.6 Å². The maximum absolute atomic E-state index is 4.30. The van der Waals surface area contributed by atoms with Crippen LogP contribution < -0.4 is 5.32 Å². The first-order valence-corrected chi connectivity index (χ1v) is 6.81. The zero-order valence-corrected chi connectivity index (χ0v) is 11.2. The third-order valence-corrected chi connectivity index (χ3v) is 3.33. The highest BCUT2D eigenvalue weighted by Crippen LogP contribution is 2.19. The number of thiazole rings is 1. The van der Waals surface area contributed by atoms with E-state index >= 15 is 0 Å². The summed E-state index contributed by atoms with van der Waals surface area (Å²) in [6.45, 7) is 1.90. The number of nitrogens with zero attached hydrogens (tertiary/aromatic N) is 3. The molecule has 0 aliphatic heterocycles. The third kappa shape index (κ3) is 2.97. The highest BCUT2D eigenvalue weighted by atomic mass is 32.1. The Bertz CT molecular complexity index is 642. The van der Waals surface area contributed by atoms with Gasteiger partial charge in [-0.25, -0.2) is 9.97 Å². The molecule has 0 saturated carbocycles. The summed E-state index contributed by atoms with van der Waals surface area (Å²) in [5.74, 6) is 1.66. The first-order valence-electron chi connectivity index (χ1n) is 5.93. The van der Waals surface area contributed by atoms with E-state index in [1.807, 2.05) is 24.4 Å². The second-order valence-corrected chi connectivity index (χ2v) is 5.07. The van der Waals surface area contributed by atoms with E-state index in [9.17, 15) is 0 Å². The molecule has 2 aromatic heterocycles. The van der Waals surface area contributed by atoms with E-state index in [0.717, 1.165) is 28.9 Å². The Balaban J connectivity index is 1.68. The van der Waals surface area contributed by atoms with Crippen molar-refractivity contribution in [1.82, 2.24) is 20.2 Å². The molecule has 0 fully saturated rings. The SMILES string of the molecule is Cc1nc(Cc2ccc(Nc3nccs3)cc2)n[nH]1. The molecule has 96 valence electrons. The monoisotopic (exact) mass is 271 g/mol. The van der Waals surface area contributed by atoms with Gasteiger partial charge in [0.25, 0.3) is 0 Å². The molecule has 0 atom stereocenters. The van der Waals surface area contributed by atoms with Crippen LogP contribution in [0.15, 0.2) is 35.8 Å².